The Morgan fingerprint density at radius 1 is 1.36 bits per heavy atom. The number of benzene rings is 1. The van der Waals surface area contributed by atoms with Crippen molar-refractivity contribution in [3.63, 3.8) is 0 Å². The van der Waals surface area contributed by atoms with E-state index in [-0.39, 0.29) is 30.7 Å². The van der Waals surface area contributed by atoms with Crippen molar-refractivity contribution in [1.29, 1.82) is 0 Å². The summed E-state index contributed by atoms with van der Waals surface area (Å²) in [4.78, 5) is 28.6. The van der Waals surface area contributed by atoms with Gasteiger partial charge in [0.25, 0.3) is 5.91 Å². The van der Waals surface area contributed by atoms with Crippen LogP contribution in [-0.4, -0.2) is 51.8 Å². The third kappa shape index (κ3) is 2.67. The molecule has 1 aromatic heterocycles. The van der Waals surface area contributed by atoms with E-state index in [9.17, 15) is 14.7 Å². The third-order valence-corrected chi connectivity index (χ3v) is 3.97. The molecule has 22 heavy (non-hydrogen) atoms. The zero-order valence-corrected chi connectivity index (χ0v) is 12.1. The topological polar surface area (TPSA) is 73.4 Å². The fraction of sp³-hybridized carbons (Fsp3) is 0.375. The number of hydrogen-bond donors (Lipinski definition) is 2. The van der Waals surface area contributed by atoms with Gasteiger partial charge in [0.15, 0.2) is 0 Å². The van der Waals surface area contributed by atoms with Crippen molar-refractivity contribution in [1.82, 2.24) is 9.88 Å². The maximum atomic E-state index is 12.5. The molecule has 6 heteroatoms. The second kappa shape index (κ2) is 6.19. The van der Waals surface area contributed by atoms with Crippen LogP contribution < -0.4 is 0 Å². The summed E-state index contributed by atoms with van der Waals surface area (Å²) in [5, 5.41) is 10.4. The zero-order valence-electron chi connectivity index (χ0n) is 12.1. The molecule has 0 saturated carbocycles. The number of nitrogens with one attached hydrogen (secondary N) is 1. The Morgan fingerprint density at radius 2 is 2.05 bits per heavy atom. The molecular formula is C16H19LiN2O3. The van der Waals surface area contributed by atoms with Crippen molar-refractivity contribution >= 4 is 41.6 Å². The molecule has 0 bridgehead atoms. The minimum absolute atomic E-state index is 0. The van der Waals surface area contributed by atoms with E-state index in [2.05, 4.69) is 4.98 Å². The Morgan fingerprint density at radius 3 is 2.68 bits per heavy atom. The van der Waals surface area contributed by atoms with E-state index in [1.54, 1.807) is 0 Å². The molecule has 1 aliphatic rings. The minimum atomic E-state index is -0.938. The normalized spacial score (nSPS) is 15.0. The number of para-hydroxylation sites is 1. The summed E-state index contributed by atoms with van der Waals surface area (Å²) in [5.74, 6) is -0.935. The van der Waals surface area contributed by atoms with Gasteiger partial charge in [0.1, 0.15) is 11.7 Å². The first-order chi connectivity index (χ1) is 9.99. The van der Waals surface area contributed by atoms with E-state index in [0.717, 1.165) is 16.5 Å². The van der Waals surface area contributed by atoms with Gasteiger partial charge in [-0.15, -0.1) is 0 Å². The van der Waals surface area contributed by atoms with Gasteiger partial charge in [0.2, 0.25) is 0 Å². The van der Waals surface area contributed by atoms with Crippen molar-refractivity contribution in [2.75, 3.05) is 0 Å². The summed E-state index contributed by atoms with van der Waals surface area (Å²) in [6.45, 7) is 4.29. The standard InChI is InChI=1S/C16H18N2O3.Li.H/c1-9(2)7-13(16(20)21)18-8-11-10-5-3-4-6-12(10)17-14(11)15(18)19;;/h3-6,9,13,17H,7-8H2,1-2H3,(H,20,21);;. The number of carbonyl (C=O) groups is 2. The zero-order chi connectivity index (χ0) is 15.1. The SMILES string of the molecule is CC(C)CC(C(=O)O)N1Cc2c([nH]c3ccccc23)C1=O.[LiH]. The Labute approximate surface area is 140 Å². The van der Waals surface area contributed by atoms with Gasteiger partial charge in [0.05, 0.1) is 0 Å². The Hall–Kier alpha value is -1.70. The molecule has 0 radical (unpaired) electrons. The fourth-order valence-corrected chi connectivity index (χ4v) is 2.99. The number of aromatic amines is 1. The van der Waals surface area contributed by atoms with Crippen molar-refractivity contribution in [3.05, 3.63) is 35.5 Å². The second-order valence-corrected chi connectivity index (χ2v) is 5.94. The summed E-state index contributed by atoms with van der Waals surface area (Å²) in [6, 6.07) is 6.95. The number of H-pyrrole nitrogens is 1. The van der Waals surface area contributed by atoms with Gasteiger partial charge < -0.3 is 15.0 Å². The van der Waals surface area contributed by atoms with Crippen molar-refractivity contribution in [3.8, 4) is 0 Å². The molecule has 0 saturated heterocycles. The van der Waals surface area contributed by atoms with Crippen LogP contribution in [0.4, 0.5) is 0 Å². The summed E-state index contributed by atoms with van der Waals surface area (Å²) in [7, 11) is 0. The van der Waals surface area contributed by atoms with Crippen LogP contribution in [0.5, 0.6) is 0 Å². The number of carboxylic acids is 1. The van der Waals surface area contributed by atoms with Gasteiger partial charge in [-0.05, 0) is 18.4 Å². The molecule has 5 nitrogen and oxygen atoms in total. The molecule has 2 heterocycles. The van der Waals surface area contributed by atoms with Crippen molar-refractivity contribution in [2.24, 2.45) is 5.92 Å². The van der Waals surface area contributed by atoms with Crippen LogP contribution >= 0.6 is 0 Å². The Balaban J connectivity index is 0.00000176. The van der Waals surface area contributed by atoms with E-state index in [0.29, 0.717) is 18.7 Å². The van der Waals surface area contributed by atoms with E-state index in [1.165, 1.54) is 4.90 Å². The number of amides is 1. The predicted molar refractivity (Wildman–Crippen MR) is 86.2 cm³/mol. The fourth-order valence-electron chi connectivity index (χ4n) is 2.99. The first-order valence-corrected chi connectivity index (χ1v) is 7.12. The molecule has 1 unspecified atom stereocenters. The van der Waals surface area contributed by atoms with Gasteiger partial charge >= 0.3 is 24.8 Å². The summed E-state index contributed by atoms with van der Waals surface area (Å²) >= 11 is 0. The van der Waals surface area contributed by atoms with Gasteiger partial charge in [0, 0.05) is 23.0 Å². The average molecular weight is 294 g/mol. The molecule has 1 amide bonds. The first-order valence-electron chi connectivity index (χ1n) is 7.12. The van der Waals surface area contributed by atoms with Crippen molar-refractivity contribution in [2.45, 2.75) is 32.9 Å². The number of carbonyl (C=O) groups excluding carboxylic acids is 1. The third-order valence-electron chi connectivity index (χ3n) is 3.97. The molecule has 1 aromatic carbocycles. The van der Waals surface area contributed by atoms with Crippen LogP contribution in [0.25, 0.3) is 10.9 Å². The molecule has 0 aliphatic carbocycles. The number of hydrogen-bond acceptors (Lipinski definition) is 2. The van der Waals surface area contributed by atoms with E-state index < -0.39 is 12.0 Å². The molecule has 112 valence electrons. The van der Waals surface area contributed by atoms with Crippen LogP contribution in [-0.2, 0) is 11.3 Å². The first kappa shape index (κ1) is 16.7. The number of nitrogens with zero attached hydrogens (tertiary/aromatic N) is 1. The van der Waals surface area contributed by atoms with Crippen molar-refractivity contribution < 1.29 is 14.7 Å². The molecule has 1 aliphatic heterocycles. The molecule has 0 spiro atoms. The number of aliphatic carboxylic acids is 1. The van der Waals surface area contributed by atoms with Gasteiger partial charge in [-0.1, -0.05) is 32.0 Å². The van der Waals surface area contributed by atoms with Crippen LogP contribution in [0, 0.1) is 5.92 Å². The quantitative estimate of drug-likeness (QED) is 0.847. The number of carboxylic acid groups (broad SMARTS) is 1. The molecule has 2 N–H and O–H groups in total. The van der Waals surface area contributed by atoms with E-state index in [4.69, 9.17) is 0 Å². The average Bonchev–Trinajstić information content (AvgIpc) is 2.94. The summed E-state index contributed by atoms with van der Waals surface area (Å²) in [5.41, 5.74) is 2.36. The Kier molecular flexibility index (Phi) is 4.69. The number of fused-ring (bicyclic) bond motifs is 3. The van der Waals surface area contributed by atoms with E-state index >= 15 is 0 Å². The van der Waals surface area contributed by atoms with Crippen LogP contribution in [0.3, 0.4) is 0 Å². The molecule has 0 fully saturated rings. The molecular weight excluding hydrogens is 275 g/mol. The van der Waals surface area contributed by atoms with Gasteiger partial charge in [-0.3, -0.25) is 4.79 Å². The van der Waals surface area contributed by atoms with E-state index in [1.807, 2.05) is 38.1 Å². The second-order valence-electron chi connectivity index (χ2n) is 5.94. The number of rotatable bonds is 4. The monoisotopic (exact) mass is 294 g/mol. The molecule has 2 aromatic rings. The van der Waals surface area contributed by atoms with Gasteiger partial charge in [-0.2, -0.15) is 0 Å². The molecule has 3 rings (SSSR count). The summed E-state index contributed by atoms with van der Waals surface area (Å²) in [6.07, 6.45) is 0.462. The maximum absolute atomic E-state index is 12.5. The van der Waals surface area contributed by atoms with Crippen LogP contribution in [0.1, 0.15) is 36.3 Å². The van der Waals surface area contributed by atoms with Gasteiger partial charge in [-0.25, -0.2) is 4.79 Å². The van der Waals surface area contributed by atoms with Crippen LogP contribution in [0.15, 0.2) is 24.3 Å². The Bertz CT molecular complexity index is 723. The van der Waals surface area contributed by atoms with Crippen LogP contribution in [0.2, 0.25) is 0 Å². The number of aromatic nitrogens is 1. The molecule has 1 atom stereocenters. The predicted octanol–water partition coefficient (Wildman–Crippen LogP) is 1.97. The summed E-state index contributed by atoms with van der Waals surface area (Å²) < 4.78 is 0.